The van der Waals surface area contributed by atoms with Crippen molar-refractivity contribution in [3.05, 3.63) is 23.8 Å². The first-order valence-electron chi connectivity index (χ1n) is 5.02. The molecule has 1 heterocycles. The molecule has 0 bridgehead atoms. The first-order chi connectivity index (χ1) is 7.86. The van der Waals surface area contributed by atoms with Crippen molar-refractivity contribution in [2.24, 2.45) is 5.73 Å². The number of halogens is 4. The van der Waals surface area contributed by atoms with E-state index in [1.165, 1.54) is 0 Å². The second-order valence-corrected chi connectivity index (χ2v) is 3.95. The summed E-state index contributed by atoms with van der Waals surface area (Å²) in [6.45, 7) is 0. The van der Waals surface area contributed by atoms with Crippen LogP contribution in [-0.4, -0.2) is 17.1 Å². The zero-order valence-corrected chi connectivity index (χ0v) is 8.67. The molecule has 0 aliphatic heterocycles. The van der Waals surface area contributed by atoms with Crippen molar-refractivity contribution in [1.82, 2.24) is 4.98 Å². The summed E-state index contributed by atoms with van der Waals surface area (Å²) in [6, 6.07) is 1.65. The second kappa shape index (κ2) is 4.14. The molecule has 3 nitrogen and oxygen atoms in total. The van der Waals surface area contributed by atoms with Crippen LogP contribution < -0.4 is 10.5 Å². The minimum atomic E-state index is -4.65. The van der Waals surface area contributed by atoms with Crippen molar-refractivity contribution in [3.8, 4) is 5.75 Å². The van der Waals surface area contributed by atoms with Crippen LogP contribution in [0.4, 0.5) is 17.6 Å². The van der Waals surface area contributed by atoms with Crippen LogP contribution in [0.3, 0.4) is 0 Å². The molecule has 2 rings (SSSR count). The highest BCUT2D eigenvalue weighted by Crippen LogP contribution is 2.31. The number of pyridine rings is 1. The van der Waals surface area contributed by atoms with Gasteiger partial charge in [0.15, 0.2) is 5.75 Å². The Hall–Kier alpha value is -1.37. The van der Waals surface area contributed by atoms with Gasteiger partial charge in [0, 0.05) is 6.04 Å². The first kappa shape index (κ1) is 12.1. The summed E-state index contributed by atoms with van der Waals surface area (Å²) >= 11 is 0. The number of hydrogen-bond donors (Lipinski definition) is 1. The summed E-state index contributed by atoms with van der Waals surface area (Å²) in [4.78, 5) is 2.83. The van der Waals surface area contributed by atoms with Gasteiger partial charge in [0.25, 0.3) is 5.95 Å². The van der Waals surface area contributed by atoms with E-state index in [-0.39, 0.29) is 17.9 Å². The summed E-state index contributed by atoms with van der Waals surface area (Å²) in [6.07, 6.45) is -3.75. The third-order valence-corrected chi connectivity index (χ3v) is 2.53. The Morgan fingerprint density at radius 2 is 1.94 bits per heavy atom. The largest absolute Gasteiger partial charge is 0.486 e. The highest BCUT2D eigenvalue weighted by atomic mass is 19.4. The van der Waals surface area contributed by atoms with E-state index in [4.69, 9.17) is 10.5 Å². The van der Waals surface area contributed by atoms with Crippen LogP contribution in [0.5, 0.6) is 5.75 Å². The Bertz CT molecular complexity index is 415. The van der Waals surface area contributed by atoms with Gasteiger partial charge in [0.2, 0.25) is 0 Å². The van der Waals surface area contributed by atoms with Crippen LogP contribution in [0.15, 0.2) is 12.1 Å². The summed E-state index contributed by atoms with van der Waals surface area (Å²) < 4.78 is 55.0. The second-order valence-electron chi connectivity index (χ2n) is 3.95. The molecule has 0 amide bonds. The number of rotatable bonds is 2. The Kier molecular flexibility index (Phi) is 2.94. The van der Waals surface area contributed by atoms with Crippen LogP contribution >= 0.6 is 0 Å². The molecule has 0 radical (unpaired) electrons. The molecule has 2 N–H and O–H groups in total. The van der Waals surface area contributed by atoms with Crippen molar-refractivity contribution >= 4 is 0 Å². The molecule has 0 spiro atoms. The molecule has 94 valence electrons. The smallest absolute Gasteiger partial charge is 0.433 e. The maximum atomic E-state index is 13.2. The summed E-state index contributed by atoms with van der Waals surface area (Å²) in [7, 11) is 0. The molecule has 1 aromatic rings. The molecule has 1 saturated carbocycles. The monoisotopic (exact) mass is 250 g/mol. The van der Waals surface area contributed by atoms with Crippen LogP contribution in [0, 0.1) is 5.95 Å². The molecule has 1 aromatic heterocycles. The zero-order valence-electron chi connectivity index (χ0n) is 8.67. The molecule has 0 saturated heterocycles. The highest BCUT2D eigenvalue weighted by Gasteiger charge is 2.34. The first-order valence-corrected chi connectivity index (χ1v) is 5.02. The Labute approximate surface area is 94.6 Å². The maximum absolute atomic E-state index is 13.2. The van der Waals surface area contributed by atoms with Crippen LogP contribution in [0.2, 0.25) is 0 Å². The Morgan fingerprint density at radius 3 is 2.41 bits per heavy atom. The third kappa shape index (κ3) is 2.66. The maximum Gasteiger partial charge on any atom is 0.433 e. The van der Waals surface area contributed by atoms with E-state index in [1.807, 2.05) is 0 Å². The van der Waals surface area contributed by atoms with E-state index >= 15 is 0 Å². The average Bonchev–Trinajstić information content (AvgIpc) is 2.16. The molecule has 1 fully saturated rings. The van der Waals surface area contributed by atoms with Gasteiger partial charge in [-0.1, -0.05) is 0 Å². The number of ether oxygens (including phenoxy) is 1. The van der Waals surface area contributed by atoms with Crippen molar-refractivity contribution < 1.29 is 22.3 Å². The van der Waals surface area contributed by atoms with Gasteiger partial charge >= 0.3 is 6.18 Å². The molecule has 7 heteroatoms. The van der Waals surface area contributed by atoms with E-state index in [0.717, 1.165) is 6.07 Å². The van der Waals surface area contributed by atoms with Crippen molar-refractivity contribution in [1.29, 1.82) is 0 Å². The topological polar surface area (TPSA) is 48.1 Å². The van der Waals surface area contributed by atoms with Gasteiger partial charge in [0.1, 0.15) is 11.8 Å². The lowest BCUT2D eigenvalue weighted by Gasteiger charge is -2.32. The van der Waals surface area contributed by atoms with E-state index < -0.39 is 17.8 Å². The highest BCUT2D eigenvalue weighted by molar-refractivity contribution is 5.23. The standard InChI is InChI=1S/C10H10F4N2O/c11-9-7(17-6-3-5(15)4-6)1-2-8(16-9)10(12,13)14/h1-2,5-6H,3-4,15H2/t5-,6-. The number of alkyl halides is 3. The third-order valence-electron chi connectivity index (χ3n) is 2.53. The lowest BCUT2D eigenvalue weighted by atomic mass is 9.90. The minimum absolute atomic E-state index is 0.0190. The van der Waals surface area contributed by atoms with Gasteiger partial charge in [-0.2, -0.15) is 17.6 Å². The van der Waals surface area contributed by atoms with E-state index in [0.29, 0.717) is 18.9 Å². The number of aromatic nitrogens is 1. The number of nitrogens with two attached hydrogens (primary N) is 1. The van der Waals surface area contributed by atoms with Gasteiger partial charge in [-0.3, -0.25) is 0 Å². The fraction of sp³-hybridized carbons (Fsp3) is 0.500. The van der Waals surface area contributed by atoms with E-state index in [9.17, 15) is 17.6 Å². The average molecular weight is 250 g/mol. The quantitative estimate of drug-likeness (QED) is 0.646. The zero-order chi connectivity index (χ0) is 12.6. The molecule has 0 aromatic carbocycles. The number of hydrogen-bond acceptors (Lipinski definition) is 3. The fourth-order valence-corrected chi connectivity index (χ4v) is 1.55. The molecule has 1 aliphatic rings. The molecule has 17 heavy (non-hydrogen) atoms. The van der Waals surface area contributed by atoms with Crippen molar-refractivity contribution in [2.75, 3.05) is 0 Å². The molecule has 0 atom stereocenters. The molecule has 0 unspecified atom stereocenters. The van der Waals surface area contributed by atoms with Gasteiger partial charge < -0.3 is 10.5 Å². The lowest BCUT2D eigenvalue weighted by Crippen LogP contribution is -2.43. The van der Waals surface area contributed by atoms with Crippen LogP contribution in [0.25, 0.3) is 0 Å². The Morgan fingerprint density at radius 1 is 1.29 bits per heavy atom. The van der Waals surface area contributed by atoms with Gasteiger partial charge in [-0.15, -0.1) is 0 Å². The summed E-state index contributed by atoms with van der Waals surface area (Å²) in [5, 5.41) is 0. The Balaban J connectivity index is 2.09. The molecular formula is C10H10F4N2O. The van der Waals surface area contributed by atoms with Crippen molar-refractivity contribution in [3.63, 3.8) is 0 Å². The summed E-state index contributed by atoms with van der Waals surface area (Å²) in [5.41, 5.74) is 4.23. The predicted molar refractivity (Wildman–Crippen MR) is 50.8 cm³/mol. The lowest BCUT2D eigenvalue weighted by molar-refractivity contribution is -0.141. The minimum Gasteiger partial charge on any atom is -0.486 e. The van der Waals surface area contributed by atoms with Gasteiger partial charge in [-0.25, -0.2) is 4.98 Å². The molecular weight excluding hydrogens is 240 g/mol. The van der Waals surface area contributed by atoms with E-state index in [1.54, 1.807) is 0 Å². The predicted octanol–water partition coefficient (Wildman–Crippen LogP) is 2.11. The SMILES string of the molecule is N[C@H]1C[C@H](Oc2ccc(C(F)(F)F)nc2F)C1. The van der Waals surface area contributed by atoms with Crippen LogP contribution in [0.1, 0.15) is 18.5 Å². The summed E-state index contributed by atoms with van der Waals surface area (Å²) in [5.74, 6) is -1.52. The van der Waals surface area contributed by atoms with Crippen LogP contribution in [-0.2, 0) is 6.18 Å². The number of nitrogens with zero attached hydrogens (tertiary/aromatic N) is 1. The van der Waals surface area contributed by atoms with Crippen molar-refractivity contribution in [2.45, 2.75) is 31.2 Å². The van der Waals surface area contributed by atoms with E-state index in [2.05, 4.69) is 4.98 Å². The van der Waals surface area contributed by atoms with Gasteiger partial charge in [-0.05, 0) is 25.0 Å². The van der Waals surface area contributed by atoms with Gasteiger partial charge in [0.05, 0.1) is 0 Å². The fourth-order valence-electron chi connectivity index (χ4n) is 1.55. The normalized spacial score (nSPS) is 24.3. The molecule has 1 aliphatic carbocycles.